The van der Waals surface area contributed by atoms with E-state index in [-0.39, 0.29) is 5.82 Å². The SMILES string of the molecule is Cc1ccc(C(=O)OCC(=O)N[C@@H](c2ccc(F)cc2)c2cccs2)cc1C. The van der Waals surface area contributed by atoms with Crippen LogP contribution in [0, 0.1) is 19.7 Å². The molecule has 1 atom stereocenters. The van der Waals surface area contributed by atoms with Gasteiger partial charge in [0.2, 0.25) is 0 Å². The molecule has 0 unspecified atom stereocenters. The number of nitrogens with one attached hydrogen (secondary N) is 1. The van der Waals surface area contributed by atoms with Gasteiger partial charge in [0.05, 0.1) is 11.6 Å². The molecule has 1 amide bonds. The molecule has 3 rings (SSSR count). The van der Waals surface area contributed by atoms with Crippen molar-refractivity contribution >= 4 is 23.2 Å². The summed E-state index contributed by atoms with van der Waals surface area (Å²) < 4.78 is 18.4. The van der Waals surface area contributed by atoms with E-state index in [9.17, 15) is 14.0 Å². The Labute approximate surface area is 167 Å². The highest BCUT2D eigenvalue weighted by Gasteiger charge is 2.19. The van der Waals surface area contributed by atoms with Crippen molar-refractivity contribution in [2.24, 2.45) is 0 Å². The van der Waals surface area contributed by atoms with E-state index < -0.39 is 24.5 Å². The van der Waals surface area contributed by atoms with Crippen molar-refractivity contribution in [3.05, 3.63) is 92.9 Å². The number of hydrogen-bond acceptors (Lipinski definition) is 4. The zero-order valence-electron chi connectivity index (χ0n) is 15.6. The van der Waals surface area contributed by atoms with Crippen molar-refractivity contribution in [3.63, 3.8) is 0 Å². The van der Waals surface area contributed by atoms with Gasteiger partial charge < -0.3 is 10.1 Å². The van der Waals surface area contributed by atoms with Gasteiger partial charge in [-0.25, -0.2) is 9.18 Å². The van der Waals surface area contributed by atoms with Gasteiger partial charge >= 0.3 is 5.97 Å². The summed E-state index contributed by atoms with van der Waals surface area (Å²) in [6, 6.07) is 14.5. The molecule has 1 aromatic heterocycles. The molecule has 0 saturated heterocycles. The van der Waals surface area contributed by atoms with Gasteiger partial charge in [0.15, 0.2) is 6.61 Å². The minimum absolute atomic E-state index is 0.345. The van der Waals surface area contributed by atoms with E-state index in [0.29, 0.717) is 5.56 Å². The van der Waals surface area contributed by atoms with Crippen LogP contribution in [0.15, 0.2) is 60.0 Å². The number of thiophene rings is 1. The molecule has 0 radical (unpaired) electrons. The molecule has 144 valence electrons. The van der Waals surface area contributed by atoms with E-state index >= 15 is 0 Å². The van der Waals surface area contributed by atoms with Gasteiger partial charge in [0.25, 0.3) is 5.91 Å². The standard InChI is InChI=1S/C22H20FNO3S/c1-14-5-6-17(12-15(14)2)22(26)27-13-20(25)24-21(19-4-3-11-28-19)16-7-9-18(23)10-8-16/h3-12,21H,13H2,1-2H3,(H,24,25)/t21-/m0/s1. The van der Waals surface area contributed by atoms with Crippen molar-refractivity contribution in [2.45, 2.75) is 19.9 Å². The molecular formula is C22H20FNO3S. The van der Waals surface area contributed by atoms with E-state index in [4.69, 9.17) is 4.74 Å². The smallest absolute Gasteiger partial charge is 0.338 e. The largest absolute Gasteiger partial charge is 0.452 e. The van der Waals surface area contributed by atoms with Gasteiger partial charge in [-0.3, -0.25) is 4.79 Å². The highest BCUT2D eigenvalue weighted by molar-refractivity contribution is 7.10. The van der Waals surface area contributed by atoms with Gasteiger partial charge in [0, 0.05) is 4.88 Å². The minimum Gasteiger partial charge on any atom is -0.452 e. The highest BCUT2D eigenvalue weighted by Crippen LogP contribution is 2.26. The summed E-state index contributed by atoms with van der Waals surface area (Å²) in [5.74, 6) is -1.32. The number of carbonyl (C=O) groups excluding carboxylic acids is 2. The quantitative estimate of drug-likeness (QED) is 0.620. The number of ether oxygens (including phenoxy) is 1. The number of hydrogen-bond donors (Lipinski definition) is 1. The van der Waals surface area contributed by atoms with Crippen LogP contribution in [-0.4, -0.2) is 18.5 Å². The number of amides is 1. The first-order chi connectivity index (χ1) is 13.4. The van der Waals surface area contributed by atoms with Crippen LogP contribution in [0.5, 0.6) is 0 Å². The second-order valence-corrected chi connectivity index (χ2v) is 7.42. The molecule has 6 heteroatoms. The summed E-state index contributed by atoms with van der Waals surface area (Å²) in [7, 11) is 0. The number of aryl methyl sites for hydroxylation is 2. The fraction of sp³-hybridized carbons (Fsp3) is 0.182. The van der Waals surface area contributed by atoms with E-state index in [0.717, 1.165) is 21.6 Å². The molecule has 3 aromatic rings. The Morgan fingerprint density at radius 3 is 2.46 bits per heavy atom. The Bertz CT molecular complexity index is 968. The summed E-state index contributed by atoms with van der Waals surface area (Å²) in [5, 5.41) is 4.75. The van der Waals surface area contributed by atoms with Crippen LogP contribution in [0.3, 0.4) is 0 Å². The summed E-state index contributed by atoms with van der Waals surface area (Å²) >= 11 is 1.48. The van der Waals surface area contributed by atoms with Crippen LogP contribution in [0.1, 0.15) is 38.0 Å². The second kappa shape index (κ2) is 8.80. The van der Waals surface area contributed by atoms with Crippen LogP contribution in [0.4, 0.5) is 4.39 Å². The van der Waals surface area contributed by atoms with E-state index in [2.05, 4.69) is 5.32 Å². The average Bonchev–Trinajstić information content (AvgIpc) is 3.21. The van der Waals surface area contributed by atoms with Crippen LogP contribution in [0.2, 0.25) is 0 Å². The summed E-state index contributed by atoms with van der Waals surface area (Å²) in [5.41, 5.74) is 3.21. The molecule has 0 aliphatic carbocycles. The normalized spacial score (nSPS) is 11.7. The first kappa shape index (κ1) is 19.8. The van der Waals surface area contributed by atoms with Crippen LogP contribution in [-0.2, 0) is 9.53 Å². The molecule has 0 aliphatic rings. The Kier molecular flexibility index (Phi) is 6.21. The number of benzene rings is 2. The molecular weight excluding hydrogens is 377 g/mol. The van der Waals surface area contributed by atoms with Gasteiger partial charge in [-0.05, 0) is 66.2 Å². The minimum atomic E-state index is -0.548. The fourth-order valence-corrected chi connectivity index (χ4v) is 3.52. The predicted molar refractivity (Wildman–Crippen MR) is 107 cm³/mol. The third kappa shape index (κ3) is 4.84. The zero-order chi connectivity index (χ0) is 20.1. The van der Waals surface area contributed by atoms with Gasteiger partial charge in [0.1, 0.15) is 5.82 Å². The maximum atomic E-state index is 13.2. The Morgan fingerprint density at radius 2 is 1.82 bits per heavy atom. The van der Waals surface area contributed by atoms with E-state index in [1.807, 2.05) is 37.4 Å². The van der Waals surface area contributed by atoms with Crippen molar-refractivity contribution in [1.82, 2.24) is 5.32 Å². The van der Waals surface area contributed by atoms with Crippen LogP contribution < -0.4 is 5.32 Å². The van der Waals surface area contributed by atoms with Crippen molar-refractivity contribution < 1.29 is 18.7 Å². The van der Waals surface area contributed by atoms with Gasteiger partial charge in [-0.1, -0.05) is 24.3 Å². The molecule has 0 bridgehead atoms. The van der Waals surface area contributed by atoms with Crippen LogP contribution >= 0.6 is 11.3 Å². The summed E-state index contributed by atoms with van der Waals surface area (Å²) in [6.07, 6.45) is 0. The molecule has 0 spiro atoms. The first-order valence-corrected chi connectivity index (χ1v) is 9.64. The van der Waals surface area contributed by atoms with E-state index in [1.54, 1.807) is 24.3 Å². The van der Waals surface area contributed by atoms with Crippen LogP contribution in [0.25, 0.3) is 0 Å². The topological polar surface area (TPSA) is 55.4 Å². The van der Waals surface area contributed by atoms with E-state index in [1.165, 1.54) is 23.5 Å². The molecule has 4 nitrogen and oxygen atoms in total. The van der Waals surface area contributed by atoms with Gasteiger partial charge in [-0.2, -0.15) is 0 Å². The Balaban J connectivity index is 1.66. The monoisotopic (exact) mass is 397 g/mol. The third-order valence-corrected chi connectivity index (χ3v) is 5.35. The first-order valence-electron chi connectivity index (χ1n) is 8.76. The maximum Gasteiger partial charge on any atom is 0.338 e. The summed E-state index contributed by atoms with van der Waals surface area (Å²) in [6.45, 7) is 3.47. The van der Waals surface area contributed by atoms with Crippen molar-refractivity contribution in [1.29, 1.82) is 0 Å². The lowest BCUT2D eigenvalue weighted by Gasteiger charge is -2.18. The molecule has 28 heavy (non-hydrogen) atoms. The molecule has 0 aliphatic heterocycles. The van der Waals surface area contributed by atoms with Gasteiger partial charge in [-0.15, -0.1) is 11.3 Å². The average molecular weight is 397 g/mol. The Hall–Kier alpha value is -2.99. The zero-order valence-corrected chi connectivity index (χ0v) is 16.4. The maximum absolute atomic E-state index is 13.2. The molecule has 1 heterocycles. The van der Waals surface area contributed by atoms with Crippen molar-refractivity contribution in [2.75, 3.05) is 6.61 Å². The lowest BCUT2D eigenvalue weighted by atomic mass is 10.1. The number of carbonyl (C=O) groups is 2. The molecule has 0 fully saturated rings. The predicted octanol–water partition coefficient (Wildman–Crippen LogP) is 4.57. The number of esters is 1. The second-order valence-electron chi connectivity index (χ2n) is 6.44. The number of halogens is 1. The number of rotatable bonds is 6. The Morgan fingerprint density at radius 1 is 1.07 bits per heavy atom. The highest BCUT2D eigenvalue weighted by atomic mass is 32.1. The lowest BCUT2D eigenvalue weighted by molar-refractivity contribution is -0.124. The molecule has 2 aromatic carbocycles. The summed E-state index contributed by atoms with van der Waals surface area (Å²) in [4.78, 5) is 25.5. The molecule has 1 N–H and O–H groups in total. The fourth-order valence-electron chi connectivity index (χ4n) is 2.71. The van der Waals surface area contributed by atoms with Crippen molar-refractivity contribution in [3.8, 4) is 0 Å². The lowest BCUT2D eigenvalue weighted by Crippen LogP contribution is -2.32. The third-order valence-electron chi connectivity index (χ3n) is 4.41. The molecule has 0 saturated carbocycles.